The van der Waals surface area contributed by atoms with E-state index in [0.29, 0.717) is 29.3 Å². The van der Waals surface area contributed by atoms with E-state index in [1.54, 1.807) is 12.5 Å². The summed E-state index contributed by atoms with van der Waals surface area (Å²) in [4.78, 5) is 11.5. The van der Waals surface area contributed by atoms with E-state index in [9.17, 15) is 4.79 Å². The molecule has 0 aromatic carbocycles. The maximum Gasteiger partial charge on any atom is 0.302 e. The number of hydrogen-bond acceptors (Lipinski definition) is 4. The molecule has 0 N–H and O–H groups in total. The quantitative estimate of drug-likeness (QED) is 0.344. The Hall–Kier alpha value is -0.870. The highest BCUT2D eigenvalue weighted by Crippen LogP contribution is 2.70. The van der Waals surface area contributed by atoms with Gasteiger partial charge in [0.15, 0.2) is 5.79 Å². The number of carbonyl (C=O) groups excluding carboxylic acids is 1. The molecule has 0 radical (unpaired) electrons. The van der Waals surface area contributed by atoms with Crippen molar-refractivity contribution in [2.24, 2.45) is 46.3 Å². The molecule has 3 saturated carbocycles. The van der Waals surface area contributed by atoms with Gasteiger partial charge in [0.2, 0.25) is 0 Å². The van der Waals surface area contributed by atoms with Crippen LogP contribution < -0.4 is 0 Å². The van der Waals surface area contributed by atoms with Crippen molar-refractivity contribution in [3.05, 3.63) is 11.6 Å². The normalized spacial score (nSPS) is 55.2. The van der Waals surface area contributed by atoms with Gasteiger partial charge in [-0.15, -0.1) is 0 Å². The van der Waals surface area contributed by atoms with Crippen molar-refractivity contribution in [3.8, 4) is 0 Å². The molecular weight excluding hydrogens is 412 g/mol. The van der Waals surface area contributed by atoms with Crippen LogP contribution in [0.4, 0.5) is 0 Å². The molecule has 184 valence electrons. The monoisotopic (exact) mass is 456 g/mol. The van der Waals surface area contributed by atoms with E-state index in [4.69, 9.17) is 14.2 Å². The molecule has 1 spiro atoms. The SMILES string of the molecule is CC(=O)O[C@@H]1CC[C@@]2(C)C(=CC[C@@H]3C2CC[C@@]2(C)C3C[C@@H]3O[C@]4(CC[C@@H](C)CO4)[C@@H](C)[C@@H]32)C1. The fourth-order valence-corrected chi connectivity index (χ4v) is 9.98. The predicted octanol–water partition coefficient (Wildman–Crippen LogP) is 6.28. The lowest BCUT2D eigenvalue weighted by atomic mass is 9.47. The van der Waals surface area contributed by atoms with Crippen molar-refractivity contribution in [1.29, 1.82) is 0 Å². The molecule has 4 heteroatoms. The molecule has 6 rings (SSSR count). The lowest BCUT2D eigenvalue weighted by Gasteiger charge is -2.58. The van der Waals surface area contributed by atoms with Gasteiger partial charge in [-0.3, -0.25) is 4.79 Å². The molecule has 0 aromatic rings. The number of ether oxygens (including phenoxy) is 3. The maximum atomic E-state index is 11.5. The van der Waals surface area contributed by atoms with Gasteiger partial charge in [0.25, 0.3) is 0 Å². The first-order chi connectivity index (χ1) is 15.7. The molecule has 33 heavy (non-hydrogen) atoms. The first-order valence-corrected chi connectivity index (χ1v) is 13.8. The number of fused-ring (bicyclic) bond motifs is 7. The summed E-state index contributed by atoms with van der Waals surface area (Å²) in [6, 6.07) is 0. The van der Waals surface area contributed by atoms with E-state index < -0.39 is 0 Å². The van der Waals surface area contributed by atoms with Crippen LogP contribution in [0, 0.1) is 46.3 Å². The van der Waals surface area contributed by atoms with Gasteiger partial charge in [-0.25, -0.2) is 0 Å². The minimum absolute atomic E-state index is 0.0849. The largest absolute Gasteiger partial charge is 0.462 e. The van der Waals surface area contributed by atoms with Gasteiger partial charge >= 0.3 is 5.97 Å². The summed E-state index contributed by atoms with van der Waals surface area (Å²) in [5.74, 6) is 3.64. The van der Waals surface area contributed by atoms with E-state index in [-0.39, 0.29) is 23.3 Å². The van der Waals surface area contributed by atoms with Gasteiger partial charge in [0, 0.05) is 25.7 Å². The molecule has 4 nitrogen and oxygen atoms in total. The maximum absolute atomic E-state index is 11.5. The molecule has 0 aromatic heterocycles. The summed E-state index contributed by atoms with van der Waals surface area (Å²) in [7, 11) is 0. The summed E-state index contributed by atoms with van der Waals surface area (Å²) in [6.07, 6.45) is 13.6. The average molecular weight is 457 g/mol. The molecule has 4 aliphatic carbocycles. The standard InChI is InChI=1S/C29H44O4/c1-17-8-13-29(31-16-17)18(2)26-25(33-29)15-24-22-7-6-20-14-21(32-19(3)30)9-11-27(20,4)23(22)10-12-28(24,26)5/h6,17-18,21-26H,7-16H2,1-5H3/t17-,18+,21-,22-,23?,24?,25+,26+,27+,28+,29-/m1/s1. The van der Waals surface area contributed by atoms with Crippen molar-refractivity contribution in [2.45, 2.75) is 110 Å². The zero-order valence-electron chi connectivity index (χ0n) is 21.4. The molecule has 11 atom stereocenters. The molecule has 6 aliphatic rings. The van der Waals surface area contributed by atoms with Crippen molar-refractivity contribution in [2.75, 3.05) is 6.61 Å². The van der Waals surface area contributed by atoms with Crippen LogP contribution in [0.25, 0.3) is 0 Å². The Balaban J connectivity index is 1.24. The Bertz CT molecular complexity index is 841. The minimum atomic E-state index is -0.312. The Morgan fingerprint density at radius 2 is 1.91 bits per heavy atom. The zero-order valence-corrected chi connectivity index (χ0v) is 21.4. The lowest BCUT2D eigenvalue weighted by Crippen LogP contribution is -2.52. The second-order valence-corrected chi connectivity index (χ2v) is 13.3. The third-order valence-corrected chi connectivity index (χ3v) is 11.7. The van der Waals surface area contributed by atoms with E-state index in [0.717, 1.165) is 50.0 Å². The molecule has 2 saturated heterocycles. The highest BCUT2D eigenvalue weighted by molar-refractivity contribution is 5.66. The number of hydrogen-bond donors (Lipinski definition) is 0. The smallest absolute Gasteiger partial charge is 0.302 e. The van der Waals surface area contributed by atoms with Crippen molar-refractivity contribution < 1.29 is 19.0 Å². The minimum Gasteiger partial charge on any atom is -0.462 e. The fourth-order valence-electron chi connectivity index (χ4n) is 9.98. The van der Waals surface area contributed by atoms with Crippen LogP contribution in [0.5, 0.6) is 0 Å². The molecule has 2 aliphatic heterocycles. The van der Waals surface area contributed by atoms with Gasteiger partial charge < -0.3 is 14.2 Å². The van der Waals surface area contributed by atoms with Gasteiger partial charge in [0.05, 0.1) is 12.7 Å². The fraction of sp³-hybridized carbons (Fsp3) is 0.897. The highest BCUT2D eigenvalue weighted by Gasteiger charge is 2.68. The first-order valence-electron chi connectivity index (χ1n) is 13.8. The summed E-state index contributed by atoms with van der Waals surface area (Å²) >= 11 is 0. The Labute approximate surface area is 200 Å². The van der Waals surface area contributed by atoms with Gasteiger partial charge in [-0.1, -0.05) is 39.3 Å². The van der Waals surface area contributed by atoms with Gasteiger partial charge in [-0.05, 0) is 85.4 Å². The summed E-state index contributed by atoms with van der Waals surface area (Å²) in [5.41, 5.74) is 2.24. The second-order valence-electron chi connectivity index (χ2n) is 13.3. The van der Waals surface area contributed by atoms with E-state index in [2.05, 4.69) is 33.8 Å². The van der Waals surface area contributed by atoms with E-state index in [1.807, 2.05) is 0 Å². The van der Waals surface area contributed by atoms with E-state index in [1.165, 1.54) is 32.1 Å². The van der Waals surface area contributed by atoms with Crippen LogP contribution in [-0.4, -0.2) is 30.6 Å². The van der Waals surface area contributed by atoms with Crippen LogP contribution in [0.1, 0.15) is 92.4 Å². The topological polar surface area (TPSA) is 44.8 Å². The number of allylic oxidation sites excluding steroid dienone is 1. The van der Waals surface area contributed by atoms with Crippen LogP contribution in [0.2, 0.25) is 0 Å². The summed E-state index contributed by atoms with van der Waals surface area (Å²) in [5, 5.41) is 0. The van der Waals surface area contributed by atoms with E-state index >= 15 is 0 Å². The lowest BCUT2D eigenvalue weighted by molar-refractivity contribution is -0.272. The Morgan fingerprint density at radius 1 is 1.09 bits per heavy atom. The summed E-state index contributed by atoms with van der Waals surface area (Å²) in [6.45, 7) is 12.3. The van der Waals surface area contributed by atoms with Crippen molar-refractivity contribution in [1.82, 2.24) is 0 Å². The zero-order chi connectivity index (χ0) is 23.2. The Morgan fingerprint density at radius 3 is 2.64 bits per heavy atom. The molecule has 2 heterocycles. The molecule has 5 fully saturated rings. The highest BCUT2D eigenvalue weighted by atomic mass is 16.7. The third kappa shape index (κ3) is 3.18. The third-order valence-electron chi connectivity index (χ3n) is 11.7. The Kier molecular flexibility index (Phi) is 5.18. The van der Waals surface area contributed by atoms with Gasteiger partial charge in [0.1, 0.15) is 6.10 Å². The molecule has 0 amide bonds. The van der Waals surface area contributed by atoms with Crippen LogP contribution in [-0.2, 0) is 19.0 Å². The second kappa shape index (κ2) is 7.56. The average Bonchev–Trinajstić information content (AvgIpc) is 3.21. The van der Waals surface area contributed by atoms with Crippen LogP contribution in [0.15, 0.2) is 11.6 Å². The summed E-state index contributed by atoms with van der Waals surface area (Å²) < 4.78 is 19.0. The molecule has 0 bridgehead atoms. The van der Waals surface area contributed by atoms with Gasteiger partial charge in [-0.2, -0.15) is 0 Å². The molecule has 2 unspecified atom stereocenters. The predicted molar refractivity (Wildman–Crippen MR) is 127 cm³/mol. The number of esters is 1. The van der Waals surface area contributed by atoms with Crippen molar-refractivity contribution >= 4 is 5.97 Å². The van der Waals surface area contributed by atoms with Crippen LogP contribution >= 0.6 is 0 Å². The molecular formula is C29H44O4. The van der Waals surface area contributed by atoms with Crippen molar-refractivity contribution in [3.63, 3.8) is 0 Å². The number of carbonyl (C=O) groups is 1. The number of rotatable bonds is 1. The first kappa shape index (κ1) is 22.6. The van der Waals surface area contributed by atoms with Crippen LogP contribution in [0.3, 0.4) is 0 Å².